The van der Waals surface area contributed by atoms with E-state index in [1.165, 1.54) is 0 Å². The van der Waals surface area contributed by atoms with Crippen LogP contribution in [0.5, 0.6) is 0 Å². The standard InChI is InChI=1S/C13H18N2O3S/c1-4-18-13(17)11-8(2)6-15-9(5-10(16)14-3)7-19-12(11)15/h5,8H,4,6-7H2,1-3H3,(H,14,16). The maximum Gasteiger partial charge on any atom is 0.337 e. The number of amides is 1. The molecule has 1 fully saturated rings. The van der Waals surface area contributed by atoms with Crippen molar-refractivity contribution in [2.75, 3.05) is 26.0 Å². The second-order valence-electron chi connectivity index (χ2n) is 4.49. The maximum absolute atomic E-state index is 12.0. The summed E-state index contributed by atoms with van der Waals surface area (Å²) in [4.78, 5) is 25.4. The SMILES string of the molecule is CCOC(=O)C1=C2SCC(=CC(=O)NC)N2CC1C. The highest BCUT2D eigenvalue weighted by Crippen LogP contribution is 2.44. The normalized spacial score (nSPS) is 23.8. The summed E-state index contributed by atoms with van der Waals surface area (Å²) in [6.07, 6.45) is 1.60. The van der Waals surface area contributed by atoms with E-state index in [0.29, 0.717) is 6.61 Å². The molecule has 2 aliphatic heterocycles. The van der Waals surface area contributed by atoms with Crippen LogP contribution < -0.4 is 5.32 Å². The van der Waals surface area contributed by atoms with Gasteiger partial charge in [-0.15, -0.1) is 11.8 Å². The first-order chi connectivity index (χ1) is 9.08. The molecule has 1 unspecified atom stereocenters. The minimum absolute atomic E-state index is 0.117. The van der Waals surface area contributed by atoms with Gasteiger partial charge >= 0.3 is 5.97 Å². The van der Waals surface area contributed by atoms with Crippen molar-refractivity contribution in [1.29, 1.82) is 0 Å². The van der Waals surface area contributed by atoms with Gasteiger partial charge in [0.1, 0.15) is 0 Å². The fourth-order valence-electron chi connectivity index (χ4n) is 2.27. The van der Waals surface area contributed by atoms with Crippen molar-refractivity contribution >= 4 is 23.6 Å². The van der Waals surface area contributed by atoms with Crippen molar-refractivity contribution in [1.82, 2.24) is 10.2 Å². The average Bonchev–Trinajstić information content (AvgIpc) is 2.88. The van der Waals surface area contributed by atoms with E-state index in [0.717, 1.165) is 28.6 Å². The number of nitrogens with zero attached hydrogens (tertiary/aromatic N) is 1. The summed E-state index contributed by atoms with van der Waals surface area (Å²) in [5, 5.41) is 3.52. The van der Waals surface area contributed by atoms with Crippen LogP contribution in [0.25, 0.3) is 0 Å². The summed E-state index contributed by atoms with van der Waals surface area (Å²) in [5.74, 6) is 0.503. The zero-order valence-corrected chi connectivity index (χ0v) is 12.2. The largest absolute Gasteiger partial charge is 0.463 e. The molecular formula is C13H18N2O3S. The van der Waals surface area contributed by atoms with E-state index in [4.69, 9.17) is 4.74 Å². The Kier molecular flexibility index (Phi) is 4.19. The molecule has 6 heteroatoms. The molecule has 1 atom stereocenters. The van der Waals surface area contributed by atoms with Crippen molar-refractivity contribution in [2.45, 2.75) is 13.8 Å². The smallest absolute Gasteiger partial charge is 0.337 e. The Morgan fingerprint density at radius 1 is 1.58 bits per heavy atom. The van der Waals surface area contributed by atoms with E-state index >= 15 is 0 Å². The molecule has 2 heterocycles. The number of likely N-dealkylation sites (N-methyl/N-ethyl adjacent to an activating group) is 1. The van der Waals surface area contributed by atoms with Gasteiger partial charge in [-0.05, 0) is 6.92 Å². The van der Waals surface area contributed by atoms with Gasteiger partial charge in [0, 0.05) is 37.0 Å². The van der Waals surface area contributed by atoms with Gasteiger partial charge in [-0.25, -0.2) is 4.79 Å². The van der Waals surface area contributed by atoms with Gasteiger partial charge in [0.15, 0.2) is 0 Å². The molecular weight excluding hydrogens is 264 g/mol. The lowest BCUT2D eigenvalue weighted by molar-refractivity contribution is -0.139. The molecule has 1 amide bonds. The van der Waals surface area contributed by atoms with Gasteiger partial charge < -0.3 is 15.0 Å². The number of nitrogens with one attached hydrogen (secondary N) is 1. The fourth-order valence-corrected chi connectivity index (χ4v) is 3.58. The average molecular weight is 282 g/mol. The third kappa shape index (κ3) is 2.63. The molecule has 2 rings (SSSR count). The van der Waals surface area contributed by atoms with Gasteiger partial charge in [0.25, 0.3) is 0 Å². The number of carbonyl (C=O) groups is 2. The zero-order chi connectivity index (χ0) is 14.0. The van der Waals surface area contributed by atoms with Gasteiger partial charge in [-0.1, -0.05) is 6.92 Å². The molecule has 1 N–H and O–H groups in total. The molecule has 0 aromatic carbocycles. The molecule has 0 aromatic rings. The topological polar surface area (TPSA) is 58.6 Å². The van der Waals surface area contributed by atoms with Crippen molar-refractivity contribution < 1.29 is 14.3 Å². The number of carbonyl (C=O) groups excluding carboxylic acids is 2. The van der Waals surface area contributed by atoms with Gasteiger partial charge in [0.05, 0.1) is 17.2 Å². The third-order valence-corrected chi connectivity index (χ3v) is 4.32. The summed E-state index contributed by atoms with van der Waals surface area (Å²) >= 11 is 1.60. The Labute approximate surface area is 117 Å². The first-order valence-corrected chi connectivity index (χ1v) is 7.31. The van der Waals surface area contributed by atoms with Crippen LogP contribution in [-0.2, 0) is 14.3 Å². The zero-order valence-electron chi connectivity index (χ0n) is 11.4. The van der Waals surface area contributed by atoms with Crippen molar-refractivity contribution in [3.8, 4) is 0 Å². The first kappa shape index (κ1) is 14.0. The number of hydrogen-bond donors (Lipinski definition) is 1. The Balaban J connectivity index is 2.26. The summed E-state index contributed by atoms with van der Waals surface area (Å²) in [6, 6.07) is 0. The third-order valence-electron chi connectivity index (χ3n) is 3.17. The lowest BCUT2D eigenvalue weighted by Crippen LogP contribution is -2.21. The van der Waals surface area contributed by atoms with Crippen LogP contribution in [0.2, 0.25) is 0 Å². The predicted octanol–water partition coefficient (Wildman–Crippen LogP) is 1.09. The quantitative estimate of drug-likeness (QED) is 0.620. The fraction of sp³-hybridized carbons (Fsp3) is 0.538. The lowest BCUT2D eigenvalue weighted by atomic mass is 10.1. The van der Waals surface area contributed by atoms with Gasteiger partial charge in [-0.3, -0.25) is 4.79 Å². The van der Waals surface area contributed by atoms with Gasteiger partial charge in [-0.2, -0.15) is 0 Å². The van der Waals surface area contributed by atoms with E-state index in [9.17, 15) is 9.59 Å². The Morgan fingerprint density at radius 3 is 2.95 bits per heavy atom. The van der Waals surface area contributed by atoms with Crippen LogP contribution in [-0.4, -0.2) is 42.7 Å². The summed E-state index contributed by atoms with van der Waals surface area (Å²) in [5.41, 5.74) is 1.69. The van der Waals surface area contributed by atoms with E-state index in [-0.39, 0.29) is 17.8 Å². The van der Waals surface area contributed by atoms with Crippen LogP contribution >= 0.6 is 11.8 Å². The monoisotopic (exact) mass is 282 g/mol. The van der Waals surface area contributed by atoms with Crippen LogP contribution in [0.3, 0.4) is 0 Å². The predicted molar refractivity (Wildman–Crippen MR) is 74.1 cm³/mol. The minimum atomic E-state index is -0.235. The van der Waals surface area contributed by atoms with Crippen LogP contribution in [0, 0.1) is 5.92 Å². The van der Waals surface area contributed by atoms with E-state index < -0.39 is 0 Å². The molecule has 0 saturated carbocycles. The number of rotatable bonds is 3. The summed E-state index contributed by atoms with van der Waals surface area (Å²) < 4.78 is 5.11. The highest BCUT2D eigenvalue weighted by molar-refractivity contribution is 8.03. The molecule has 5 nitrogen and oxygen atoms in total. The van der Waals surface area contributed by atoms with Crippen molar-refractivity contribution in [3.05, 3.63) is 22.4 Å². The molecule has 0 spiro atoms. The molecule has 1 saturated heterocycles. The van der Waals surface area contributed by atoms with E-state index in [1.54, 1.807) is 31.8 Å². The Bertz CT molecular complexity index is 471. The molecule has 0 bridgehead atoms. The highest BCUT2D eigenvalue weighted by atomic mass is 32.2. The minimum Gasteiger partial charge on any atom is -0.463 e. The van der Waals surface area contributed by atoms with E-state index in [1.807, 2.05) is 6.92 Å². The number of fused-ring (bicyclic) bond motifs is 1. The van der Waals surface area contributed by atoms with Crippen LogP contribution in [0.15, 0.2) is 22.4 Å². The van der Waals surface area contributed by atoms with Crippen molar-refractivity contribution in [3.63, 3.8) is 0 Å². The Morgan fingerprint density at radius 2 is 2.32 bits per heavy atom. The summed E-state index contributed by atoms with van der Waals surface area (Å²) in [6.45, 7) is 4.93. The summed E-state index contributed by atoms with van der Waals surface area (Å²) in [7, 11) is 1.61. The Hall–Kier alpha value is -1.43. The van der Waals surface area contributed by atoms with Crippen LogP contribution in [0.1, 0.15) is 13.8 Å². The lowest BCUT2D eigenvalue weighted by Gasteiger charge is -2.15. The molecule has 104 valence electrons. The number of esters is 1. The second kappa shape index (κ2) is 5.69. The molecule has 0 radical (unpaired) electrons. The van der Waals surface area contributed by atoms with Gasteiger partial charge in [0.2, 0.25) is 5.91 Å². The van der Waals surface area contributed by atoms with Crippen LogP contribution in [0.4, 0.5) is 0 Å². The molecule has 2 aliphatic rings. The molecule has 19 heavy (non-hydrogen) atoms. The highest BCUT2D eigenvalue weighted by Gasteiger charge is 2.39. The number of ether oxygens (including phenoxy) is 1. The van der Waals surface area contributed by atoms with E-state index in [2.05, 4.69) is 10.2 Å². The molecule has 0 aliphatic carbocycles. The number of hydrogen-bond acceptors (Lipinski definition) is 5. The second-order valence-corrected chi connectivity index (χ2v) is 5.45. The first-order valence-electron chi connectivity index (χ1n) is 6.32. The molecule has 0 aromatic heterocycles. The number of thioether (sulfide) groups is 1. The maximum atomic E-state index is 12.0. The van der Waals surface area contributed by atoms with Crippen molar-refractivity contribution in [2.24, 2.45) is 5.92 Å².